The highest BCUT2D eigenvalue weighted by Gasteiger charge is 2.12. The number of hydrogen-bond acceptors (Lipinski definition) is 2. The number of carbonyl (C=O) groups excluding carboxylic acids is 1. The third-order valence-corrected chi connectivity index (χ3v) is 2.32. The SMILES string of the molecule is CC.CC.C[N+](C)(C)CCC(=O)c1cccc(C#N)c1. The van der Waals surface area contributed by atoms with Crippen LogP contribution in [0.25, 0.3) is 0 Å². The normalized spacial score (nSPS) is 9.30. The predicted molar refractivity (Wildman–Crippen MR) is 85.7 cm³/mol. The third kappa shape index (κ3) is 9.29. The smallest absolute Gasteiger partial charge is 0.168 e. The molecule has 3 nitrogen and oxygen atoms in total. The highest BCUT2D eigenvalue weighted by molar-refractivity contribution is 5.96. The second-order valence-electron chi connectivity index (χ2n) is 4.88. The average molecular weight is 277 g/mol. The minimum absolute atomic E-state index is 0.102. The van der Waals surface area contributed by atoms with Crippen molar-refractivity contribution >= 4 is 5.78 Å². The summed E-state index contributed by atoms with van der Waals surface area (Å²) in [6.07, 6.45) is 0.512. The van der Waals surface area contributed by atoms with Crippen LogP contribution in [0.2, 0.25) is 0 Å². The first kappa shape index (κ1) is 20.7. The fourth-order valence-electron chi connectivity index (χ4n) is 1.34. The zero-order valence-electron chi connectivity index (χ0n) is 14.0. The van der Waals surface area contributed by atoms with E-state index in [1.54, 1.807) is 24.3 Å². The van der Waals surface area contributed by atoms with Crippen LogP contribution in [-0.2, 0) is 0 Å². The summed E-state index contributed by atoms with van der Waals surface area (Å²) in [6.45, 7) is 8.80. The highest BCUT2D eigenvalue weighted by Crippen LogP contribution is 2.08. The van der Waals surface area contributed by atoms with Gasteiger partial charge in [0.05, 0.1) is 45.7 Å². The first-order valence-corrected chi connectivity index (χ1v) is 7.26. The van der Waals surface area contributed by atoms with Crippen LogP contribution in [0.3, 0.4) is 0 Å². The first-order valence-electron chi connectivity index (χ1n) is 7.26. The van der Waals surface area contributed by atoms with Crippen LogP contribution in [0, 0.1) is 11.3 Å². The van der Waals surface area contributed by atoms with E-state index in [9.17, 15) is 4.79 Å². The molecule has 0 amide bonds. The predicted octanol–water partition coefficient (Wildman–Crippen LogP) is 3.89. The first-order chi connectivity index (χ1) is 9.42. The van der Waals surface area contributed by atoms with E-state index in [4.69, 9.17) is 5.26 Å². The standard InChI is InChI=1S/C13H17N2O.2C2H6/c1-15(2,3)8-7-13(16)12-6-4-5-11(9-12)10-14;2*1-2/h4-6,9H,7-8H2,1-3H3;2*1-2H3/q+1;;. The topological polar surface area (TPSA) is 40.9 Å². The van der Waals surface area contributed by atoms with Crippen molar-refractivity contribution in [1.29, 1.82) is 5.26 Å². The van der Waals surface area contributed by atoms with E-state index in [0.717, 1.165) is 11.0 Å². The van der Waals surface area contributed by atoms with Gasteiger partial charge in [0.2, 0.25) is 0 Å². The van der Waals surface area contributed by atoms with Gasteiger partial charge in [-0.05, 0) is 12.1 Å². The Labute approximate surface area is 124 Å². The summed E-state index contributed by atoms with van der Waals surface area (Å²) >= 11 is 0. The summed E-state index contributed by atoms with van der Waals surface area (Å²) in [5.41, 5.74) is 1.17. The van der Waals surface area contributed by atoms with Gasteiger partial charge in [0.15, 0.2) is 5.78 Å². The summed E-state index contributed by atoms with van der Waals surface area (Å²) < 4.78 is 0.768. The molecule has 0 atom stereocenters. The molecule has 0 radical (unpaired) electrons. The Morgan fingerprint density at radius 1 is 1.15 bits per heavy atom. The maximum atomic E-state index is 11.8. The molecule has 112 valence electrons. The molecule has 0 aliphatic heterocycles. The molecule has 0 aliphatic rings. The van der Waals surface area contributed by atoms with Gasteiger partial charge < -0.3 is 4.48 Å². The molecule has 1 aromatic rings. The van der Waals surface area contributed by atoms with Crippen molar-refractivity contribution in [3.8, 4) is 6.07 Å². The molecule has 1 rings (SSSR count). The van der Waals surface area contributed by atoms with Gasteiger partial charge in [0, 0.05) is 5.56 Å². The Hall–Kier alpha value is -1.66. The van der Waals surface area contributed by atoms with Crippen molar-refractivity contribution in [3.63, 3.8) is 0 Å². The summed E-state index contributed by atoms with van der Waals surface area (Å²) in [6, 6.07) is 8.90. The van der Waals surface area contributed by atoms with Crippen molar-refractivity contribution in [2.24, 2.45) is 0 Å². The minimum atomic E-state index is 0.102. The van der Waals surface area contributed by atoms with Gasteiger partial charge >= 0.3 is 0 Å². The molecule has 1 aromatic carbocycles. The van der Waals surface area contributed by atoms with E-state index in [-0.39, 0.29) is 5.78 Å². The fraction of sp³-hybridized carbons (Fsp3) is 0.529. The number of Topliss-reactive ketones (excluding diaryl/α,β-unsaturated/α-hetero) is 1. The fourth-order valence-corrected chi connectivity index (χ4v) is 1.34. The molecule has 0 saturated heterocycles. The van der Waals surface area contributed by atoms with E-state index >= 15 is 0 Å². The van der Waals surface area contributed by atoms with Gasteiger partial charge in [-0.15, -0.1) is 0 Å². The average Bonchev–Trinajstić information content (AvgIpc) is 2.48. The van der Waals surface area contributed by atoms with Gasteiger partial charge in [0.25, 0.3) is 0 Å². The third-order valence-electron chi connectivity index (χ3n) is 2.32. The van der Waals surface area contributed by atoms with Gasteiger partial charge in [-0.2, -0.15) is 5.26 Å². The lowest BCUT2D eigenvalue weighted by molar-refractivity contribution is -0.869. The van der Waals surface area contributed by atoms with E-state index in [1.807, 2.05) is 33.8 Å². The maximum absolute atomic E-state index is 11.8. The number of carbonyl (C=O) groups is 1. The van der Waals surface area contributed by atoms with Crippen LogP contribution in [0.5, 0.6) is 0 Å². The van der Waals surface area contributed by atoms with Crippen LogP contribution < -0.4 is 0 Å². The minimum Gasteiger partial charge on any atom is -0.331 e. The van der Waals surface area contributed by atoms with Crippen LogP contribution in [0.15, 0.2) is 24.3 Å². The quantitative estimate of drug-likeness (QED) is 0.619. The van der Waals surface area contributed by atoms with E-state index in [0.29, 0.717) is 17.5 Å². The molecule has 0 bridgehead atoms. The van der Waals surface area contributed by atoms with Crippen LogP contribution in [0.1, 0.15) is 50.0 Å². The van der Waals surface area contributed by atoms with Crippen LogP contribution in [0.4, 0.5) is 0 Å². The lowest BCUT2D eigenvalue weighted by atomic mass is 10.1. The second-order valence-corrected chi connectivity index (χ2v) is 4.88. The molecule has 0 fully saturated rings. The monoisotopic (exact) mass is 277 g/mol. The number of nitriles is 1. The molecule has 0 heterocycles. The van der Waals surface area contributed by atoms with Crippen LogP contribution >= 0.6 is 0 Å². The van der Waals surface area contributed by atoms with Crippen molar-refractivity contribution < 1.29 is 9.28 Å². The number of ketones is 1. The van der Waals surface area contributed by atoms with Crippen molar-refractivity contribution in [3.05, 3.63) is 35.4 Å². The Balaban J connectivity index is 0. The number of rotatable bonds is 4. The molecule has 0 aliphatic carbocycles. The molecule has 0 spiro atoms. The molecule has 0 N–H and O–H groups in total. The van der Waals surface area contributed by atoms with Crippen LogP contribution in [-0.4, -0.2) is 38.0 Å². The summed E-state index contributed by atoms with van der Waals surface area (Å²) in [4.78, 5) is 11.8. The summed E-state index contributed by atoms with van der Waals surface area (Å²) in [7, 11) is 6.16. The highest BCUT2D eigenvalue weighted by atomic mass is 16.1. The Kier molecular flexibility index (Phi) is 11.6. The zero-order valence-corrected chi connectivity index (χ0v) is 14.0. The molecule has 0 unspecified atom stereocenters. The number of benzene rings is 1. The maximum Gasteiger partial charge on any atom is 0.168 e. The number of quaternary nitrogens is 1. The molecule has 20 heavy (non-hydrogen) atoms. The molecule has 0 saturated carbocycles. The molecular formula is C17H29N2O+. The van der Waals surface area contributed by atoms with Crippen molar-refractivity contribution in [2.75, 3.05) is 27.7 Å². The lowest BCUT2D eigenvalue weighted by Gasteiger charge is -2.23. The largest absolute Gasteiger partial charge is 0.331 e. The van der Waals surface area contributed by atoms with Crippen molar-refractivity contribution in [2.45, 2.75) is 34.1 Å². The Morgan fingerprint density at radius 2 is 1.70 bits per heavy atom. The summed E-state index contributed by atoms with van der Waals surface area (Å²) in [5.74, 6) is 0.102. The van der Waals surface area contributed by atoms with E-state index in [2.05, 4.69) is 21.1 Å². The molecule has 3 heteroatoms. The number of hydrogen-bond donors (Lipinski definition) is 0. The Bertz CT molecular complexity index is 425. The van der Waals surface area contributed by atoms with E-state index < -0.39 is 0 Å². The van der Waals surface area contributed by atoms with Gasteiger partial charge in [-0.1, -0.05) is 39.8 Å². The second kappa shape index (κ2) is 11.2. The number of nitrogens with zero attached hydrogens (tertiary/aromatic N) is 2. The van der Waals surface area contributed by atoms with Gasteiger partial charge in [-0.3, -0.25) is 4.79 Å². The van der Waals surface area contributed by atoms with E-state index in [1.165, 1.54) is 0 Å². The van der Waals surface area contributed by atoms with Gasteiger partial charge in [0.1, 0.15) is 0 Å². The Morgan fingerprint density at radius 3 is 2.15 bits per heavy atom. The lowest BCUT2D eigenvalue weighted by Crippen LogP contribution is -2.36. The van der Waals surface area contributed by atoms with Crippen molar-refractivity contribution in [1.82, 2.24) is 0 Å². The zero-order chi connectivity index (χ0) is 16.2. The van der Waals surface area contributed by atoms with Gasteiger partial charge in [-0.25, -0.2) is 0 Å². The molecular weight excluding hydrogens is 248 g/mol. The summed E-state index contributed by atoms with van der Waals surface area (Å²) in [5, 5.41) is 8.74. The molecule has 0 aromatic heterocycles.